The summed E-state index contributed by atoms with van der Waals surface area (Å²) in [5, 5.41) is 5.61. The number of halogens is 3. The van der Waals surface area contributed by atoms with E-state index in [1.165, 1.54) is 0 Å². The van der Waals surface area contributed by atoms with Crippen molar-refractivity contribution in [2.24, 2.45) is 0 Å². The van der Waals surface area contributed by atoms with Crippen LogP contribution in [0.25, 0.3) is 28.2 Å². The van der Waals surface area contributed by atoms with Gasteiger partial charge in [0.1, 0.15) is 0 Å². The Bertz CT molecular complexity index is 1100. The smallest absolute Gasteiger partial charge is 0.0963 e. The highest BCUT2D eigenvalue weighted by molar-refractivity contribution is 9.10. The number of nitrogens with zero attached hydrogens (tertiary/aromatic N) is 2. The highest BCUT2D eigenvalue weighted by atomic mass is 79.9. The van der Waals surface area contributed by atoms with E-state index in [1.54, 1.807) is 0 Å². The Balaban J connectivity index is 1.99. The first-order chi connectivity index (χ1) is 13.0. The molecule has 0 atom stereocenters. The Labute approximate surface area is 180 Å². The van der Waals surface area contributed by atoms with Crippen LogP contribution in [-0.2, 0) is 0 Å². The molecule has 134 valence electrons. The summed E-state index contributed by atoms with van der Waals surface area (Å²) in [6, 6.07) is 24.2. The molecule has 2 nitrogen and oxygen atoms in total. The van der Waals surface area contributed by atoms with Crippen LogP contribution in [0.2, 0.25) is 5.02 Å². The molecule has 4 aromatic rings. The molecule has 1 aromatic heterocycles. The molecule has 0 aliphatic heterocycles. The van der Waals surface area contributed by atoms with E-state index in [0.29, 0.717) is 5.02 Å². The van der Waals surface area contributed by atoms with Gasteiger partial charge in [0.2, 0.25) is 0 Å². The molecule has 1 heterocycles. The number of aromatic nitrogens is 2. The summed E-state index contributed by atoms with van der Waals surface area (Å²) in [4.78, 5) is 0. The maximum Gasteiger partial charge on any atom is 0.0963 e. The van der Waals surface area contributed by atoms with Gasteiger partial charge in [-0.3, -0.25) is 0 Å². The summed E-state index contributed by atoms with van der Waals surface area (Å²) in [6.07, 6.45) is 0. The quantitative estimate of drug-likeness (QED) is 0.281. The third-order valence-electron chi connectivity index (χ3n) is 4.44. The van der Waals surface area contributed by atoms with E-state index < -0.39 is 0 Å². The Hall–Kier alpha value is -1.88. The van der Waals surface area contributed by atoms with Crippen LogP contribution in [-0.4, -0.2) is 9.78 Å². The maximum absolute atomic E-state index is 6.50. The van der Waals surface area contributed by atoms with Gasteiger partial charge >= 0.3 is 0 Å². The van der Waals surface area contributed by atoms with Crippen molar-refractivity contribution in [2.45, 2.75) is 6.92 Å². The number of hydrogen-bond donors (Lipinski definition) is 0. The minimum atomic E-state index is 0.667. The molecular weight excluding hydrogens is 488 g/mol. The summed E-state index contributed by atoms with van der Waals surface area (Å²) in [5.41, 5.74) is 6.11. The van der Waals surface area contributed by atoms with Crippen molar-refractivity contribution in [3.05, 3.63) is 92.3 Å². The van der Waals surface area contributed by atoms with Crippen LogP contribution >= 0.6 is 43.5 Å². The van der Waals surface area contributed by atoms with Gasteiger partial charge in [0.25, 0.3) is 0 Å². The van der Waals surface area contributed by atoms with Crippen molar-refractivity contribution >= 4 is 43.5 Å². The highest BCUT2D eigenvalue weighted by Gasteiger charge is 2.19. The third-order valence-corrected chi connectivity index (χ3v) is 5.82. The van der Waals surface area contributed by atoms with Gasteiger partial charge in [0, 0.05) is 25.6 Å². The van der Waals surface area contributed by atoms with Crippen LogP contribution in [0.3, 0.4) is 0 Å². The predicted octanol–water partition coefficient (Wildman–Crippen LogP) is 7.69. The monoisotopic (exact) mass is 500 g/mol. The molecule has 3 aromatic carbocycles. The van der Waals surface area contributed by atoms with Crippen LogP contribution in [0.1, 0.15) is 5.56 Å². The van der Waals surface area contributed by atoms with Crippen molar-refractivity contribution < 1.29 is 0 Å². The molecule has 4 rings (SSSR count). The zero-order valence-electron chi connectivity index (χ0n) is 14.5. The second-order valence-electron chi connectivity index (χ2n) is 6.20. The second kappa shape index (κ2) is 7.63. The Morgan fingerprint density at radius 2 is 1.33 bits per heavy atom. The molecular formula is C22H15Br2ClN2. The first kappa shape index (κ1) is 18.5. The van der Waals surface area contributed by atoms with Crippen LogP contribution in [0, 0.1) is 6.92 Å². The van der Waals surface area contributed by atoms with E-state index in [9.17, 15) is 0 Å². The zero-order chi connectivity index (χ0) is 19.0. The fourth-order valence-electron chi connectivity index (χ4n) is 3.12. The standard InChI is InChI=1S/C22H15Br2ClN2/c1-14-21(15-6-10-17(23)11-7-15)26-27(20-5-3-2-4-19(20)25)22(14)16-8-12-18(24)13-9-16/h2-13H,1H3. The number of hydrogen-bond acceptors (Lipinski definition) is 1. The lowest BCUT2D eigenvalue weighted by Gasteiger charge is -2.10. The molecule has 0 aliphatic carbocycles. The summed E-state index contributed by atoms with van der Waals surface area (Å²) in [7, 11) is 0. The second-order valence-corrected chi connectivity index (χ2v) is 8.44. The van der Waals surface area contributed by atoms with Crippen molar-refractivity contribution in [2.75, 3.05) is 0 Å². The summed E-state index contributed by atoms with van der Waals surface area (Å²) in [6.45, 7) is 2.11. The van der Waals surface area contributed by atoms with Gasteiger partial charge in [0.05, 0.1) is 22.1 Å². The van der Waals surface area contributed by atoms with Crippen molar-refractivity contribution in [3.63, 3.8) is 0 Å². The molecule has 0 saturated carbocycles. The first-order valence-corrected chi connectivity index (χ1v) is 10.4. The van der Waals surface area contributed by atoms with E-state index in [2.05, 4.69) is 63.0 Å². The number of rotatable bonds is 3. The van der Waals surface area contributed by atoms with Crippen LogP contribution in [0.15, 0.2) is 81.7 Å². The lowest BCUT2D eigenvalue weighted by molar-refractivity contribution is 0.892. The van der Waals surface area contributed by atoms with E-state index in [0.717, 1.165) is 42.7 Å². The van der Waals surface area contributed by atoms with Crippen molar-refractivity contribution in [1.82, 2.24) is 9.78 Å². The van der Waals surface area contributed by atoms with Gasteiger partial charge in [0.15, 0.2) is 0 Å². The summed E-state index contributed by atoms with van der Waals surface area (Å²) >= 11 is 13.5. The predicted molar refractivity (Wildman–Crippen MR) is 120 cm³/mol. The Morgan fingerprint density at radius 1 is 0.778 bits per heavy atom. The maximum atomic E-state index is 6.50. The minimum absolute atomic E-state index is 0.667. The lowest BCUT2D eigenvalue weighted by atomic mass is 10.0. The zero-order valence-corrected chi connectivity index (χ0v) is 18.4. The normalized spacial score (nSPS) is 11.0. The molecule has 0 amide bonds. The average molecular weight is 503 g/mol. The van der Waals surface area contributed by atoms with E-state index >= 15 is 0 Å². The molecule has 0 unspecified atom stereocenters. The molecule has 0 fully saturated rings. The summed E-state index contributed by atoms with van der Waals surface area (Å²) in [5.74, 6) is 0. The molecule has 0 spiro atoms. The van der Waals surface area contributed by atoms with Gasteiger partial charge in [-0.15, -0.1) is 0 Å². The van der Waals surface area contributed by atoms with Crippen LogP contribution in [0.4, 0.5) is 0 Å². The van der Waals surface area contributed by atoms with Gasteiger partial charge < -0.3 is 0 Å². The molecule has 0 aliphatic rings. The fourth-order valence-corrected chi connectivity index (χ4v) is 3.87. The van der Waals surface area contributed by atoms with E-state index in [-0.39, 0.29) is 0 Å². The third kappa shape index (κ3) is 3.62. The first-order valence-electron chi connectivity index (χ1n) is 8.41. The van der Waals surface area contributed by atoms with Gasteiger partial charge in [-0.25, -0.2) is 4.68 Å². The highest BCUT2D eigenvalue weighted by Crippen LogP contribution is 2.36. The Kier molecular flexibility index (Phi) is 5.22. The average Bonchev–Trinajstić information content (AvgIpc) is 3.00. The van der Waals surface area contributed by atoms with Gasteiger partial charge in [-0.1, -0.05) is 79.9 Å². The lowest BCUT2D eigenvalue weighted by Crippen LogP contribution is -2.00. The molecule has 5 heteroatoms. The Morgan fingerprint density at radius 3 is 1.93 bits per heavy atom. The number of benzene rings is 3. The molecule has 0 N–H and O–H groups in total. The van der Waals surface area contributed by atoms with Crippen molar-refractivity contribution in [3.8, 4) is 28.2 Å². The van der Waals surface area contributed by atoms with E-state index in [1.807, 2.05) is 53.2 Å². The van der Waals surface area contributed by atoms with Crippen LogP contribution < -0.4 is 0 Å². The topological polar surface area (TPSA) is 17.8 Å². The van der Waals surface area contributed by atoms with Gasteiger partial charge in [-0.2, -0.15) is 5.10 Å². The minimum Gasteiger partial charge on any atom is -0.231 e. The van der Waals surface area contributed by atoms with Crippen LogP contribution in [0.5, 0.6) is 0 Å². The van der Waals surface area contributed by atoms with Crippen molar-refractivity contribution in [1.29, 1.82) is 0 Å². The van der Waals surface area contributed by atoms with E-state index in [4.69, 9.17) is 16.7 Å². The number of para-hydroxylation sites is 1. The fraction of sp³-hybridized carbons (Fsp3) is 0.0455. The molecule has 0 radical (unpaired) electrons. The molecule has 0 saturated heterocycles. The largest absolute Gasteiger partial charge is 0.231 e. The molecule has 0 bridgehead atoms. The van der Waals surface area contributed by atoms with Gasteiger partial charge in [-0.05, 0) is 43.3 Å². The molecule has 27 heavy (non-hydrogen) atoms. The SMILES string of the molecule is Cc1c(-c2ccc(Br)cc2)nn(-c2ccccc2Cl)c1-c1ccc(Br)cc1. The summed E-state index contributed by atoms with van der Waals surface area (Å²) < 4.78 is 4.03.